The van der Waals surface area contributed by atoms with E-state index in [4.69, 9.17) is 17.4 Å². The van der Waals surface area contributed by atoms with Crippen LogP contribution in [0, 0.1) is 0 Å². The Morgan fingerprint density at radius 3 is 2.86 bits per heavy atom. The summed E-state index contributed by atoms with van der Waals surface area (Å²) in [6, 6.07) is 12.0. The number of hydrogen-bond acceptors (Lipinski definition) is 2. The van der Waals surface area contributed by atoms with Crippen molar-refractivity contribution in [3.8, 4) is 0 Å². The molecule has 2 rings (SSSR count). The largest absolute Gasteiger partial charge is 0.271 e. The predicted molar refractivity (Wildman–Crippen MR) is 60.0 cm³/mol. The van der Waals surface area contributed by atoms with Crippen LogP contribution < -0.4 is 11.3 Å². The van der Waals surface area contributed by atoms with Crippen LogP contribution >= 0.6 is 11.6 Å². The number of nitrogens with two attached hydrogens (primary N) is 1. The van der Waals surface area contributed by atoms with Crippen LogP contribution in [0.2, 0.25) is 5.02 Å². The molecule has 0 unspecified atom stereocenters. The highest BCUT2D eigenvalue weighted by molar-refractivity contribution is 6.35. The average molecular weight is 207 g/mol. The summed E-state index contributed by atoms with van der Waals surface area (Å²) in [6.07, 6.45) is 0. The summed E-state index contributed by atoms with van der Waals surface area (Å²) in [4.78, 5) is 0. The maximum atomic E-state index is 6.08. The topological polar surface area (TPSA) is 38.0 Å². The third-order valence-electron chi connectivity index (χ3n) is 2.20. The molecule has 72 valence electrons. The minimum absolute atomic E-state index is 0.654. The number of rotatable bonds is 2. The van der Waals surface area contributed by atoms with E-state index in [0.717, 1.165) is 21.4 Å². The zero-order chi connectivity index (χ0) is 9.97. The van der Waals surface area contributed by atoms with Crippen LogP contribution in [0.15, 0.2) is 36.4 Å². The van der Waals surface area contributed by atoms with Crippen molar-refractivity contribution < 1.29 is 0 Å². The Hall–Kier alpha value is -1.09. The van der Waals surface area contributed by atoms with E-state index in [9.17, 15) is 0 Å². The Labute approximate surface area is 87.6 Å². The van der Waals surface area contributed by atoms with Gasteiger partial charge in [-0.3, -0.25) is 11.3 Å². The summed E-state index contributed by atoms with van der Waals surface area (Å²) in [6.45, 7) is 0.654. The maximum absolute atomic E-state index is 6.08. The lowest BCUT2D eigenvalue weighted by molar-refractivity contribution is 0.742. The van der Waals surface area contributed by atoms with Crippen LogP contribution in [0.5, 0.6) is 0 Å². The van der Waals surface area contributed by atoms with Crippen molar-refractivity contribution in [2.24, 2.45) is 5.84 Å². The van der Waals surface area contributed by atoms with Gasteiger partial charge in [0.15, 0.2) is 0 Å². The third kappa shape index (κ3) is 1.73. The highest BCUT2D eigenvalue weighted by Crippen LogP contribution is 2.24. The van der Waals surface area contributed by atoms with Crippen LogP contribution in [0.4, 0.5) is 0 Å². The minimum atomic E-state index is 0.654. The number of hydrazine groups is 1. The first-order chi connectivity index (χ1) is 6.81. The van der Waals surface area contributed by atoms with Gasteiger partial charge in [0, 0.05) is 17.0 Å². The van der Waals surface area contributed by atoms with Gasteiger partial charge in [-0.1, -0.05) is 35.9 Å². The minimum Gasteiger partial charge on any atom is -0.271 e. The molecule has 0 radical (unpaired) electrons. The van der Waals surface area contributed by atoms with Crippen LogP contribution in [-0.4, -0.2) is 0 Å². The van der Waals surface area contributed by atoms with E-state index in [1.807, 2.05) is 30.3 Å². The van der Waals surface area contributed by atoms with E-state index in [1.165, 1.54) is 0 Å². The number of fused-ring (bicyclic) bond motifs is 1. The molecule has 2 nitrogen and oxygen atoms in total. The average Bonchev–Trinajstić information content (AvgIpc) is 2.20. The molecule has 14 heavy (non-hydrogen) atoms. The molecule has 0 saturated carbocycles. The molecule has 0 amide bonds. The summed E-state index contributed by atoms with van der Waals surface area (Å²) in [5.41, 5.74) is 3.76. The molecule has 0 saturated heterocycles. The highest BCUT2D eigenvalue weighted by Gasteiger charge is 1.99. The highest BCUT2D eigenvalue weighted by atomic mass is 35.5. The fourth-order valence-corrected chi connectivity index (χ4v) is 1.75. The Morgan fingerprint density at radius 1 is 1.21 bits per heavy atom. The van der Waals surface area contributed by atoms with Gasteiger partial charge in [0.2, 0.25) is 0 Å². The molecule has 3 heteroatoms. The fraction of sp³-hybridized carbons (Fsp3) is 0.0909. The second-order valence-electron chi connectivity index (χ2n) is 3.18. The third-order valence-corrected chi connectivity index (χ3v) is 2.53. The smallest absolute Gasteiger partial charge is 0.0484 e. The second kappa shape index (κ2) is 3.96. The monoisotopic (exact) mass is 206 g/mol. The van der Waals surface area contributed by atoms with Crippen molar-refractivity contribution >= 4 is 22.4 Å². The van der Waals surface area contributed by atoms with Gasteiger partial charge >= 0.3 is 0 Å². The number of hydrogen-bond donors (Lipinski definition) is 2. The SMILES string of the molecule is NNCc1ccc2cccc(Cl)c2c1. The van der Waals surface area contributed by atoms with Gasteiger partial charge in [0.1, 0.15) is 0 Å². The number of halogens is 1. The lowest BCUT2D eigenvalue weighted by Gasteiger charge is -2.04. The molecule has 0 bridgehead atoms. The Balaban J connectivity index is 2.58. The first-order valence-corrected chi connectivity index (χ1v) is 4.79. The van der Waals surface area contributed by atoms with Crippen molar-refractivity contribution in [3.05, 3.63) is 47.0 Å². The molecule has 0 aliphatic rings. The second-order valence-corrected chi connectivity index (χ2v) is 3.58. The lowest BCUT2D eigenvalue weighted by atomic mass is 10.1. The van der Waals surface area contributed by atoms with Gasteiger partial charge in [-0.15, -0.1) is 0 Å². The lowest BCUT2D eigenvalue weighted by Crippen LogP contribution is -2.20. The Bertz CT molecular complexity index is 454. The van der Waals surface area contributed by atoms with Crippen LogP contribution in [0.3, 0.4) is 0 Å². The summed E-state index contributed by atoms with van der Waals surface area (Å²) >= 11 is 6.08. The van der Waals surface area contributed by atoms with E-state index in [-0.39, 0.29) is 0 Å². The first kappa shape index (κ1) is 9.46. The molecule has 2 aromatic carbocycles. The normalized spacial score (nSPS) is 10.7. The van der Waals surface area contributed by atoms with Crippen molar-refractivity contribution in [1.82, 2.24) is 5.43 Å². The molecule has 0 heterocycles. The molecule has 0 aliphatic carbocycles. The fourth-order valence-electron chi connectivity index (χ4n) is 1.51. The first-order valence-electron chi connectivity index (χ1n) is 4.42. The van der Waals surface area contributed by atoms with E-state index in [1.54, 1.807) is 0 Å². The van der Waals surface area contributed by atoms with Crippen molar-refractivity contribution in [1.29, 1.82) is 0 Å². The molecule has 0 spiro atoms. The molecular formula is C11H11ClN2. The molecule has 0 aliphatic heterocycles. The number of benzene rings is 2. The summed E-state index contributed by atoms with van der Waals surface area (Å²) in [5, 5.41) is 3.00. The zero-order valence-corrected chi connectivity index (χ0v) is 8.38. The van der Waals surface area contributed by atoms with Crippen LogP contribution in [0.25, 0.3) is 10.8 Å². The molecule has 3 N–H and O–H groups in total. The molecule has 0 atom stereocenters. The van der Waals surface area contributed by atoms with E-state index in [0.29, 0.717) is 6.54 Å². The quantitative estimate of drug-likeness (QED) is 0.585. The standard InChI is InChI=1S/C11H11ClN2/c12-11-3-1-2-9-5-4-8(7-14-13)6-10(9)11/h1-6,14H,7,13H2. The van der Waals surface area contributed by atoms with Gasteiger partial charge < -0.3 is 0 Å². The molecule has 2 aromatic rings. The van der Waals surface area contributed by atoms with Gasteiger partial charge in [0.25, 0.3) is 0 Å². The van der Waals surface area contributed by atoms with Crippen molar-refractivity contribution in [2.75, 3.05) is 0 Å². The summed E-state index contributed by atoms with van der Waals surface area (Å²) in [7, 11) is 0. The van der Waals surface area contributed by atoms with E-state index in [2.05, 4.69) is 11.5 Å². The molecule has 0 fully saturated rings. The summed E-state index contributed by atoms with van der Waals surface area (Å²) < 4.78 is 0. The van der Waals surface area contributed by atoms with Crippen LogP contribution in [0.1, 0.15) is 5.56 Å². The van der Waals surface area contributed by atoms with Crippen molar-refractivity contribution in [3.63, 3.8) is 0 Å². The van der Waals surface area contributed by atoms with E-state index < -0.39 is 0 Å². The Kier molecular flexibility index (Phi) is 2.68. The Morgan fingerprint density at radius 2 is 2.07 bits per heavy atom. The predicted octanol–water partition coefficient (Wildman–Crippen LogP) is 2.46. The number of nitrogens with one attached hydrogen (secondary N) is 1. The van der Waals surface area contributed by atoms with Gasteiger partial charge in [-0.2, -0.15) is 0 Å². The zero-order valence-electron chi connectivity index (χ0n) is 7.63. The van der Waals surface area contributed by atoms with E-state index >= 15 is 0 Å². The molecule has 0 aromatic heterocycles. The van der Waals surface area contributed by atoms with Gasteiger partial charge in [-0.25, -0.2) is 0 Å². The van der Waals surface area contributed by atoms with Crippen molar-refractivity contribution in [2.45, 2.75) is 6.54 Å². The maximum Gasteiger partial charge on any atom is 0.0484 e. The van der Waals surface area contributed by atoms with Crippen LogP contribution in [-0.2, 0) is 6.54 Å². The summed E-state index contributed by atoms with van der Waals surface area (Å²) in [5.74, 6) is 5.26. The van der Waals surface area contributed by atoms with Gasteiger partial charge in [0.05, 0.1) is 0 Å². The molecular weight excluding hydrogens is 196 g/mol. The van der Waals surface area contributed by atoms with Gasteiger partial charge in [-0.05, 0) is 23.1 Å².